The normalized spacial score (nSPS) is 14.4. The zero-order valence-electron chi connectivity index (χ0n) is 16.4. The lowest BCUT2D eigenvalue weighted by atomic mass is 10.0. The molecule has 0 saturated carbocycles. The van der Waals surface area contributed by atoms with E-state index in [1.807, 2.05) is 66.9 Å². The third-order valence-electron chi connectivity index (χ3n) is 5.32. The zero-order valence-corrected chi connectivity index (χ0v) is 16.4. The second-order valence-corrected chi connectivity index (χ2v) is 7.27. The smallest absolute Gasteiger partial charge is 0.228 e. The molecule has 0 unspecified atom stereocenters. The summed E-state index contributed by atoms with van der Waals surface area (Å²) in [6.45, 7) is 1.47. The first-order valence-electron chi connectivity index (χ1n) is 9.73. The van der Waals surface area contributed by atoms with Crippen LogP contribution in [0.5, 0.6) is 0 Å². The van der Waals surface area contributed by atoms with Crippen LogP contribution in [0, 0.1) is 0 Å². The van der Waals surface area contributed by atoms with Crippen LogP contribution in [0.4, 0.5) is 5.69 Å². The average Bonchev–Trinajstić information content (AvgIpc) is 3.06. The fourth-order valence-corrected chi connectivity index (χ4v) is 3.86. The van der Waals surface area contributed by atoms with E-state index in [2.05, 4.69) is 11.1 Å². The van der Waals surface area contributed by atoms with Crippen molar-refractivity contribution in [3.63, 3.8) is 0 Å². The average molecular weight is 390 g/mol. The van der Waals surface area contributed by atoms with Gasteiger partial charge in [-0.3, -0.25) is 19.5 Å². The van der Waals surface area contributed by atoms with Gasteiger partial charge in [0.1, 0.15) is 0 Å². The number of aromatic nitrogens is 1. The minimum absolute atomic E-state index is 0.136. The Morgan fingerprint density at radius 2 is 1.63 bits per heavy atom. The van der Waals surface area contributed by atoms with Crippen molar-refractivity contribution in [1.82, 2.24) is 4.98 Å². The number of rotatable bonds is 2. The van der Waals surface area contributed by atoms with Gasteiger partial charge in [-0.2, -0.15) is 0 Å². The van der Waals surface area contributed by atoms with Gasteiger partial charge in [-0.1, -0.05) is 54.6 Å². The number of Topliss-reactive ketones (excluding diaryl/α,β-unsaturated/α-hetero) is 1. The van der Waals surface area contributed by atoms with Gasteiger partial charge in [0, 0.05) is 29.6 Å². The van der Waals surface area contributed by atoms with Gasteiger partial charge in [0.25, 0.3) is 0 Å². The quantitative estimate of drug-likeness (QED) is 0.425. The Morgan fingerprint density at radius 1 is 0.900 bits per heavy atom. The highest BCUT2D eigenvalue weighted by Crippen LogP contribution is 2.35. The van der Waals surface area contributed by atoms with Gasteiger partial charge in [-0.05, 0) is 41.5 Å². The summed E-state index contributed by atoms with van der Waals surface area (Å²) < 4.78 is 0. The predicted molar refractivity (Wildman–Crippen MR) is 119 cm³/mol. The molecule has 0 spiro atoms. The Kier molecular flexibility index (Phi) is 4.25. The van der Waals surface area contributed by atoms with Gasteiger partial charge in [0.2, 0.25) is 11.7 Å². The third-order valence-corrected chi connectivity index (χ3v) is 5.32. The highest BCUT2D eigenvalue weighted by molar-refractivity contribution is 6.26. The number of carbonyl (C=O) groups is 2. The predicted octanol–water partition coefficient (Wildman–Crippen LogP) is 5.49. The van der Waals surface area contributed by atoms with Crippen molar-refractivity contribution < 1.29 is 9.59 Å². The molecule has 0 fully saturated rings. The Balaban J connectivity index is 1.50. The summed E-state index contributed by atoms with van der Waals surface area (Å²) in [4.78, 5) is 31.1. The summed E-state index contributed by atoms with van der Waals surface area (Å²) in [5, 5.41) is 1.09. The Hall–Kier alpha value is -4.05. The number of benzene rings is 3. The van der Waals surface area contributed by atoms with E-state index in [0.717, 1.165) is 27.6 Å². The van der Waals surface area contributed by atoms with Crippen LogP contribution in [0.2, 0.25) is 0 Å². The van der Waals surface area contributed by atoms with E-state index in [4.69, 9.17) is 0 Å². The Bertz CT molecular complexity index is 1340. The molecule has 1 amide bonds. The van der Waals surface area contributed by atoms with E-state index in [1.54, 1.807) is 18.2 Å². The number of pyridine rings is 1. The van der Waals surface area contributed by atoms with Crippen LogP contribution in [0.25, 0.3) is 28.1 Å². The minimum Gasteiger partial charge on any atom is -0.287 e. The van der Waals surface area contributed by atoms with Gasteiger partial charge < -0.3 is 0 Å². The van der Waals surface area contributed by atoms with Crippen molar-refractivity contribution in [2.24, 2.45) is 0 Å². The van der Waals surface area contributed by atoms with Crippen LogP contribution in [0.3, 0.4) is 0 Å². The standard InChI is InChI=1S/C26H18N2O2/c1-17(29)28-24-9-5-3-7-22(24)26(30)25(28)14-18-10-12-19(13-11-18)21-15-20-6-2-4-8-23(20)27-16-21/h2-16H,1H3/b25-14-. The molecule has 3 aromatic carbocycles. The lowest BCUT2D eigenvalue weighted by Gasteiger charge is -2.16. The third kappa shape index (κ3) is 2.99. The van der Waals surface area contributed by atoms with Gasteiger partial charge in [0.15, 0.2) is 0 Å². The molecule has 0 saturated heterocycles. The topological polar surface area (TPSA) is 50.3 Å². The molecular weight excluding hydrogens is 372 g/mol. The maximum absolute atomic E-state index is 12.9. The zero-order chi connectivity index (χ0) is 20.7. The van der Waals surface area contributed by atoms with Crippen LogP contribution >= 0.6 is 0 Å². The number of carbonyl (C=O) groups excluding carboxylic acids is 2. The van der Waals surface area contributed by atoms with Gasteiger partial charge in [0.05, 0.1) is 16.9 Å². The number of amides is 1. The van der Waals surface area contributed by atoms with Gasteiger partial charge in [-0.15, -0.1) is 0 Å². The second kappa shape index (κ2) is 7.08. The van der Waals surface area contributed by atoms with Crippen molar-refractivity contribution in [1.29, 1.82) is 0 Å². The second-order valence-electron chi connectivity index (χ2n) is 7.27. The molecule has 4 heteroatoms. The van der Waals surface area contributed by atoms with Crippen LogP contribution in [-0.2, 0) is 4.79 Å². The summed E-state index contributed by atoms with van der Waals surface area (Å²) in [7, 11) is 0. The van der Waals surface area contributed by atoms with E-state index in [-0.39, 0.29) is 11.7 Å². The molecule has 30 heavy (non-hydrogen) atoms. The first-order valence-corrected chi connectivity index (χ1v) is 9.73. The van der Waals surface area contributed by atoms with E-state index < -0.39 is 0 Å². The first-order chi connectivity index (χ1) is 14.6. The molecule has 0 atom stereocenters. The van der Waals surface area contributed by atoms with Crippen molar-refractivity contribution >= 4 is 34.4 Å². The summed E-state index contributed by atoms with van der Waals surface area (Å²) in [6.07, 6.45) is 3.64. The number of hydrogen-bond donors (Lipinski definition) is 0. The molecule has 0 radical (unpaired) electrons. The first kappa shape index (κ1) is 18.0. The van der Waals surface area contributed by atoms with E-state index >= 15 is 0 Å². The molecule has 0 N–H and O–H groups in total. The molecule has 4 aromatic rings. The van der Waals surface area contributed by atoms with E-state index in [0.29, 0.717) is 16.9 Å². The maximum atomic E-state index is 12.9. The summed E-state index contributed by atoms with van der Waals surface area (Å²) in [5.41, 5.74) is 5.46. The molecular formula is C26H18N2O2. The van der Waals surface area contributed by atoms with Crippen LogP contribution < -0.4 is 4.90 Å². The molecule has 144 valence electrons. The highest BCUT2D eigenvalue weighted by atomic mass is 16.2. The number of ketones is 1. The molecule has 0 bridgehead atoms. The van der Waals surface area contributed by atoms with Crippen LogP contribution in [0.1, 0.15) is 22.8 Å². The van der Waals surface area contributed by atoms with E-state index in [1.165, 1.54) is 11.8 Å². The molecule has 4 nitrogen and oxygen atoms in total. The maximum Gasteiger partial charge on any atom is 0.228 e. The Morgan fingerprint density at radius 3 is 2.43 bits per heavy atom. The van der Waals surface area contributed by atoms with Crippen molar-refractivity contribution in [2.45, 2.75) is 6.92 Å². The fourth-order valence-electron chi connectivity index (χ4n) is 3.86. The SMILES string of the molecule is CC(=O)N1/C(=C\c2ccc(-c3cnc4ccccc4c3)cc2)C(=O)c2ccccc21. The molecule has 1 aliphatic heterocycles. The highest BCUT2D eigenvalue weighted by Gasteiger charge is 2.34. The number of fused-ring (bicyclic) bond motifs is 2. The minimum atomic E-state index is -0.182. The van der Waals surface area contributed by atoms with Crippen molar-refractivity contribution in [3.8, 4) is 11.1 Å². The van der Waals surface area contributed by atoms with Crippen LogP contribution in [0.15, 0.2) is 90.8 Å². The molecule has 1 aromatic heterocycles. The number of anilines is 1. The molecule has 0 aliphatic carbocycles. The van der Waals surface area contributed by atoms with Gasteiger partial charge >= 0.3 is 0 Å². The number of para-hydroxylation sites is 2. The number of allylic oxidation sites excluding steroid dienone is 1. The fraction of sp³-hybridized carbons (Fsp3) is 0.0385. The summed E-state index contributed by atoms with van der Waals surface area (Å²) >= 11 is 0. The summed E-state index contributed by atoms with van der Waals surface area (Å²) in [6, 6.07) is 25.2. The molecule has 2 heterocycles. The largest absolute Gasteiger partial charge is 0.287 e. The van der Waals surface area contributed by atoms with Crippen molar-refractivity contribution in [3.05, 3.63) is 102 Å². The lowest BCUT2D eigenvalue weighted by molar-refractivity contribution is -0.116. The van der Waals surface area contributed by atoms with Gasteiger partial charge in [-0.25, -0.2) is 0 Å². The Labute approximate surface area is 174 Å². The molecule has 5 rings (SSSR count). The summed E-state index contributed by atoms with van der Waals surface area (Å²) in [5.74, 6) is -0.318. The monoisotopic (exact) mass is 390 g/mol. The number of hydrogen-bond acceptors (Lipinski definition) is 3. The van der Waals surface area contributed by atoms with E-state index in [9.17, 15) is 9.59 Å². The van der Waals surface area contributed by atoms with Crippen molar-refractivity contribution in [2.75, 3.05) is 4.90 Å². The van der Waals surface area contributed by atoms with Crippen LogP contribution in [-0.4, -0.2) is 16.7 Å². The molecule has 1 aliphatic rings. The number of nitrogens with zero attached hydrogens (tertiary/aromatic N) is 2. The lowest BCUT2D eigenvalue weighted by Crippen LogP contribution is -2.25.